The van der Waals surface area contributed by atoms with Crippen LogP contribution in [0.2, 0.25) is 0 Å². The van der Waals surface area contributed by atoms with Crippen molar-refractivity contribution in [2.75, 3.05) is 0 Å². The Kier molecular flexibility index (Phi) is 3.63. The Morgan fingerprint density at radius 3 is 1.67 bits per heavy atom. The maximum absolute atomic E-state index is 13.7. The predicted octanol–water partition coefficient (Wildman–Crippen LogP) is 4.18. The van der Waals surface area contributed by atoms with E-state index in [1.165, 1.54) is 24.3 Å². The molecule has 2 aromatic rings. The summed E-state index contributed by atoms with van der Waals surface area (Å²) in [4.78, 5) is 11.7. The zero-order valence-corrected chi connectivity index (χ0v) is 9.44. The van der Waals surface area contributed by atoms with Crippen LogP contribution in [0.4, 0.5) is 8.78 Å². The van der Waals surface area contributed by atoms with Crippen molar-refractivity contribution in [3.63, 3.8) is 0 Å². The summed E-state index contributed by atoms with van der Waals surface area (Å²) >= 11 is 0. The highest BCUT2D eigenvalue weighted by Crippen LogP contribution is 2.23. The van der Waals surface area contributed by atoms with Crippen LogP contribution in [0.25, 0.3) is 5.83 Å². The Morgan fingerprint density at radius 2 is 1.17 bits per heavy atom. The average Bonchev–Trinajstić information content (AvgIpc) is 2.47. The third-order valence-electron chi connectivity index (χ3n) is 2.46. The molecule has 3 heteroatoms. The van der Waals surface area contributed by atoms with Gasteiger partial charge < -0.3 is 0 Å². The largest absolute Gasteiger partial charge is 0.286 e. The van der Waals surface area contributed by atoms with E-state index in [0.717, 1.165) is 0 Å². The Morgan fingerprint density at radius 1 is 0.722 bits per heavy atom. The zero-order valence-electron chi connectivity index (χ0n) is 9.44. The number of hydrogen-bond donors (Lipinski definition) is 0. The molecule has 2 rings (SSSR count). The van der Waals surface area contributed by atoms with Crippen molar-refractivity contribution in [3.8, 4) is 0 Å². The summed E-state index contributed by atoms with van der Waals surface area (Å²) in [7, 11) is 0. The summed E-state index contributed by atoms with van der Waals surface area (Å²) in [6, 6.07) is 15.5. The molecule has 0 aliphatic carbocycles. The van der Waals surface area contributed by atoms with Crippen molar-refractivity contribution in [1.82, 2.24) is 0 Å². The van der Waals surface area contributed by atoms with E-state index in [-0.39, 0.29) is 11.1 Å². The highest BCUT2D eigenvalue weighted by Gasteiger charge is 2.18. The molecule has 2 aromatic carbocycles. The van der Waals surface area contributed by atoms with E-state index in [9.17, 15) is 13.6 Å². The third-order valence-corrected chi connectivity index (χ3v) is 2.46. The lowest BCUT2D eigenvalue weighted by Crippen LogP contribution is -2.01. The molecule has 0 aliphatic heterocycles. The van der Waals surface area contributed by atoms with Crippen molar-refractivity contribution in [3.05, 3.63) is 77.6 Å². The molecule has 18 heavy (non-hydrogen) atoms. The van der Waals surface area contributed by atoms with Gasteiger partial charge in [-0.05, 0) is 0 Å². The van der Waals surface area contributed by atoms with Gasteiger partial charge in [-0.25, -0.2) is 4.39 Å². The van der Waals surface area contributed by atoms with Gasteiger partial charge in [0, 0.05) is 11.1 Å². The first kappa shape index (κ1) is 12.2. The summed E-state index contributed by atoms with van der Waals surface area (Å²) in [5, 5.41) is 0. The van der Waals surface area contributed by atoms with Crippen LogP contribution in [-0.2, 0) is 0 Å². The van der Waals surface area contributed by atoms with Crippen LogP contribution in [0.1, 0.15) is 15.9 Å². The minimum Gasteiger partial charge on any atom is -0.286 e. The van der Waals surface area contributed by atoms with Crippen LogP contribution < -0.4 is 0 Å². The van der Waals surface area contributed by atoms with E-state index in [1.807, 2.05) is 0 Å². The molecular weight excluding hydrogens is 234 g/mol. The number of carbonyl (C=O) groups is 1. The molecule has 0 N–H and O–H groups in total. The van der Waals surface area contributed by atoms with Crippen molar-refractivity contribution in [2.24, 2.45) is 0 Å². The molecule has 0 bridgehead atoms. The molecule has 0 heterocycles. The van der Waals surface area contributed by atoms with Gasteiger partial charge in [0.15, 0.2) is 5.83 Å². The minimum absolute atomic E-state index is 0.0549. The molecule has 0 atom stereocenters. The first-order valence-electron chi connectivity index (χ1n) is 5.40. The van der Waals surface area contributed by atoms with Gasteiger partial charge in [-0.1, -0.05) is 60.7 Å². The van der Waals surface area contributed by atoms with Gasteiger partial charge in [0.25, 0.3) is 0 Å². The number of hydrogen-bond acceptors (Lipinski definition) is 1. The molecule has 0 aromatic heterocycles. The molecule has 0 fully saturated rings. The van der Waals surface area contributed by atoms with Crippen LogP contribution >= 0.6 is 0 Å². The maximum Gasteiger partial charge on any atom is 0.224 e. The molecule has 0 amide bonds. The number of rotatable bonds is 3. The summed E-state index contributed by atoms with van der Waals surface area (Å²) in [5.74, 6) is -3.45. The number of carbonyl (C=O) groups excluding carboxylic acids is 1. The number of ketones is 1. The highest BCUT2D eigenvalue weighted by molar-refractivity contribution is 6.10. The second kappa shape index (κ2) is 5.36. The van der Waals surface area contributed by atoms with E-state index in [0.29, 0.717) is 0 Å². The fraction of sp³-hybridized carbons (Fsp3) is 0. The topological polar surface area (TPSA) is 17.1 Å². The second-order valence-corrected chi connectivity index (χ2v) is 3.69. The van der Waals surface area contributed by atoms with Crippen LogP contribution in [0.5, 0.6) is 0 Å². The van der Waals surface area contributed by atoms with Crippen molar-refractivity contribution in [1.29, 1.82) is 0 Å². The lowest BCUT2D eigenvalue weighted by atomic mass is 10.1. The van der Waals surface area contributed by atoms with Crippen molar-refractivity contribution in [2.45, 2.75) is 0 Å². The fourth-order valence-corrected chi connectivity index (χ4v) is 1.53. The Balaban J connectivity index is 2.37. The maximum atomic E-state index is 13.7. The highest BCUT2D eigenvalue weighted by atomic mass is 19.2. The van der Waals surface area contributed by atoms with E-state index in [2.05, 4.69) is 0 Å². The molecule has 0 radical (unpaired) electrons. The predicted molar refractivity (Wildman–Crippen MR) is 66.4 cm³/mol. The number of halogens is 2. The van der Waals surface area contributed by atoms with Crippen LogP contribution in [0.3, 0.4) is 0 Å². The van der Waals surface area contributed by atoms with Crippen LogP contribution in [-0.4, -0.2) is 5.78 Å². The lowest BCUT2D eigenvalue weighted by Gasteiger charge is -2.01. The zero-order chi connectivity index (χ0) is 13.0. The van der Waals surface area contributed by atoms with E-state index >= 15 is 0 Å². The first-order valence-corrected chi connectivity index (χ1v) is 5.40. The lowest BCUT2D eigenvalue weighted by molar-refractivity contribution is 0.100. The summed E-state index contributed by atoms with van der Waals surface area (Å²) in [6.45, 7) is 0. The van der Waals surface area contributed by atoms with Crippen molar-refractivity contribution >= 4 is 11.6 Å². The van der Waals surface area contributed by atoms with Gasteiger partial charge in [0.1, 0.15) is 0 Å². The molecule has 0 spiro atoms. The van der Waals surface area contributed by atoms with E-state index in [1.54, 1.807) is 36.4 Å². The van der Waals surface area contributed by atoms with Crippen LogP contribution in [0, 0.1) is 0 Å². The Hall–Kier alpha value is -2.29. The van der Waals surface area contributed by atoms with E-state index < -0.39 is 17.4 Å². The fourth-order valence-electron chi connectivity index (χ4n) is 1.53. The van der Waals surface area contributed by atoms with E-state index in [4.69, 9.17) is 0 Å². The normalized spacial score (nSPS) is 11.9. The SMILES string of the molecule is O=C(/C(F)=C(\F)c1ccccc1)c1ccccc1. The van der Waals surface area contributed by atoms with Gasteiger partial charge in [0.2, 0.25) is 11.6 Å². The van der Waals surface area contributed by atoms with Gasteiger partial charge in [-0.15, -0.1) is 0 Å². The Labute approximate surface area is 103 Å². The summed E-state index contributed by atoms with van der Waals surface area (Å²) < 4.78 is 27.5. The monoisotopic (exact) mass is 244 g/mol. The molecular formula is C15H10F2O. The number of benzene rings is 2. The molecule has 90 valence electrons. The first-order chi connectivity index (χ1) is 8.70. The number of Topliss-reactive ketones (excluding diaryl/α,β-unsaturated/α-hetero) is 1. The van der Waals surface area contributed by atoms with Gasteiger partial charge in [-0.3, -0.25) is 4.79 Å². The quantitative estimate of drug-likeness (QED) is 0.584. The standard InChI is InChI=1S/C15H10F2O/c16-13(11-7-3-1-4-8-11)14(17)15(18)12-9-5-2-6-10-12/h1-10H/b14-13+. The molecule has 0 saturated carbocycles. The van der Waals surface area contributed by atoms with Gasteiger partial charge in [-0.2, -0.15) is 4.39 Å². The summed E-state index contributed by atoms with van der Waals surface area (Å²) in [6.07, 6.45) is 0. The smallest absolute Gasteiger partial charge is 0.224 e. The average molecular weight is 244 g/mol. The summed E-state index contributed by atoms with van der Waals surface area (Å²) in [5.41, 5.74) is 0.181. The Bertz CT molecular complexity index is 574. The van der Waals surface area contributed by atoms with Crippen molar-refractivity contribution < 1.29 is 13.6 Å². The second-order valence-electron chi connectivity index (χ2n) is 3.69. The van der Waals surface area contributed by atoms with Gasteiger partial charge >= 0.3 is 0 Å². The third kappa shape index (κ3) is 2.51. The molecule has 0 saturated heterocycles. The molecule has 1 nitrogen and oxygen atoms in total. The van der Waals surface area contributed by atoms with Crippen LogP contribution in [0.15, 0.2) is 66.5 Å². The molecule has 0 unspecified atom stereocenters. The number of allylic oxidation sites excluding steroid dienone is 1. The molecule has 0 aliphatic rings. The minimum atomic E-state index is -1.37. The van der Waals surface area contributed by atoms with Gasteiger partial charge in [0.05, 0.1) is 0 Å².